The molecule has 2 aromatic heterocycles. The highest BCUT2D eigenvalue weighted by Gasteiger charge is 2.25. The van der Waals surface area contributed by atoms with Crippen LogP contribution < -0.4 is 5.32 Å². The van der Waals surface area contributed by atoms with E-state index in [1.54, 1.807) is 17.7 Å². The minimum atomic E-state index is 0.433. The number of fused-ring (bicyclic) bond motifs is 3. The van der Waals surface area contributed by atoms with Crippen LogP contribution in [0.3, 0.4) is 0 Å². The van der Waals surface area contributed by atoms with Crippen LogP contribution in [0.15, 0.2) is 30.6 Å². The quantitative estimate of drug-likeness (QED) is 0.808. The van der Waals surface area contributed by atoms with Gasteiger partial charge in [0.2, 0.25) is 4.96 Å². The van der Waals surface area contributed by atoms with Crippen LogP contribution >= 0.6 is 11.3 Å². The zero-order chi connectivity index (χ0) is 14.2. The van der Waals surface area contributed by atoms with Gasteiger partial charge < -0.3 is 5.32 Å². The van der Waals surface area contributed by atoms with E-state index in [1.807, 2.05) is 4.52 Å². The number of benzene rings is 1. The largest absolute Gasteiger partial charge is 0.309 e. The Morgan fingerprint density at radius 3 is 3.29 bits per heavy atom. The summed E-state index contributed by atoms with van der Waals surface area (Å²) in [5, 5.41) is 8.00. The van der Waals surface area contributed by atoms with Crippen LogP contribution in [0, 0.1) is 6.92 Å². The molecule has 0 spiro atoms. The molecule has 0 radical (unpaired) electrons. The molecule has 0 aliphatic carbocycles. The predicted octanol–water partition coefficient (Wildman–Crippen LogP) is 2.92. The SMILES string of the molecule is Cc1cccc(CCC2NCCc3c2sc2ncnn32)c1. The molecule has 1 N–H and O–H groups in total. The summed E-state index contributed by atoms with van der Waals surface area (Å²) in [6, 6.07) is 9.24. The van der Waals surface area contributed by atoms with Gasteiger partial charge in [0.25, 0.3) is 0 Å². The first-order chi connectivity index (χ1) is 10.3. The molecule has 108 valence electrons. The Kier molecular flexibility index (Phi) is 3.24. The second kappa shape index (κ2) is 5.24. The summed E-state index contributed by atoms with van der Waals surface area (Å²) in [5.74, 6) is 0. The Hall–Kier alpha value is -1.72. The van der Waals surface area contributed by atoms with E-state index in [-0.39, 0.29) is 0 Å². The molecule has 4 nitrogen and oxygen atoms in total. The Morgan fingerprint density at radius 2 is 2.38 bits per heavy atom. The number of aryl methyl sites for hydroxylation is 2. The lowest BCUT2D eigenvalue weighted by molar-refractivity contribution is 0.475. The molecule has 4 rings (SSSR count). The summed E-state index contributed by atoms with van der Waals surface area (Å²) in [5.41, 5.74) is 4.10. The molecule has 0 fully saturated rings. The highest BCUT2D eigenvalue weighted by atomic mass is 32.1. The molecule has 0 amide bonds. The van der Waals surface area contributed by atoms with Gasteiger partial charge in [0, 0.05) is 23.9 Å². The van der Waals surface area contributed by atoms with Crippen molar-refractivity contribution >= 4 is 16.3 Å². The maximum absolute atomic E-state index is 4.34. The van der Waals surface area contributed by atoms with Crippen LogP contribution in [-0.2, 0) is 12.8 Å². The van der Waals surface area contributed by atoms with Crippen LogP contribution in [0.25, 0.3) is 4.96 Å². The highest BCUT2D eigenvalue weighted by Crippen LogP contribution is 2.33. The Bertz CT molecular complexity index is 774. The zero-order valence-corrected chi connectivity index (χ0v) is 12.9. The minimum Gasteiger partial charge on any atom is -0.309 e. The summed E-state index contributed by atoms with van der Waals surface area (Å²) in [6.45, 7) is 3.18. The molecule has 1 unspecified atom stereocenters. The number of aromatic nitrogens is 3. The van der Waals surface area contributed by atoms with E-state index in [4.69, 9.17) is 0 Å². The maximum atomic E-state index is 4.34. The van der Waals surface area contributed by atoms with E-state index >= 15 is 0 Å². The Labute approximate surface area is 127 Å². The summed E-state index contributed by atoms with van der Waals surface area (Å²) in [7, 11) is 0. The van der Waals surface area contributed by atoms with Gasteiger partial charge in [-0.05, 0) is 25.3 Å². The van der Waals surface area contributed by atoms with Crippen molar-refractivity contribution in [3.8, 4) is 0 Å². The molecule has 1 aromatic carbocycles. The van der Waals surface area contributed by atoms with Gasteiger partial charge in [-0.15, -0.1) is 0 Å². The lowest BCUT2D eigenvalue weighted by Crippen LogP contribution is -2.29. The van der Waals surface area contributed by atoms with Gasteiger partial charge >= 0.3 is 0 Å². The Morgan fingerprint density at radius 1 is 1.43 bits per heavy atom. The van der Waals surface area contributed by atoms with E-state index in [0.29, 0.717) is 6.04 Å². The molecular formula is C16H18N4S. The number of hydrogen-bond acceptors (Lipinski definition) is 4. The average molecular weight is 298 g/mol. The van der Waals surface area contributed by atoms with Gasteiger partial charge in [-0.1, -0.05) is 41.2 Å². The van der Waals surface area contributed by atoms with E-state index < -0.39 is 0 Å². The molecule has 5 heteroatoms. The number of nitrogens with one attached hydrogen (secondary N) is 1. The fourth-order valence-electron chi connectivity index (χ4n) is 3.12. The van der Waals surface area contributed by atoms with Gasteiger partial charge in [0.15, 0.2) is 0 Å². The van der Waals surface area contributed by atoms with Crippen LogP contribution in [0.1, 0.15) is 34.2 Å². The van der Waals surface area contributed by atoms with Crippen molar-refractivity contribution < 1.29 is 0 Å². The normalized spacial score (nSPS) is 18.0. The predicted molar refractivity (Wildman–Crippen MR) is 84.8 cm³/mol. The standard InChI is InChI=1S/C16H18N4S/c1-11-3-2-4-12(9-11)5-6-13-15-14(7-8-17-13)20-16(21-15)18-10-19-20/h2-4,9-10,13,17H,5-8H2,1H3. The molecule has 3 aromatic rings. The third-order valence-corrected chi connectivity index (χ3v) is 5.33. The summed E-state index contributed by atoms with van der Waals surface area (Å²) in [6.07, 6.45) is 4.92. The van der Waals surface area contributed by atoms with Crippen molar-refractivity contribution in [1.82, 2.24) is 19.9 Å². The van der Waals surface area contributed by atoms with E-state index in [9.17, 15) is 0 Å². The van der Waals surface area contributed by atoms with Crippen molar-refractivity contribution in [3.63, 3.8) is 0 Å². The topological polar surface area (TPSA) is 42.2 Å². The van der Waals surface area contributed by atoms with Crippen molar-refractivity contribution in [2.75, 3.05) is 6.54 Å². The number of hydrogen-bond donors (Lipinski definition) is 1. The zero-order valence-electron chi connectivity index (χ0n) is 12.0. The number of thiazole rings is 1. The summed E-state index contributed by atoms with van der Waals surface area (Å²) < 4.78 is 2.01. The van der Waals surface area contributed by atoms with Crippen molar-refractivity contribution in [1.29, 1.82) is 0 Å². The van der Waals surface area contributed by atoms with E-state index in [2.05, 4.69) is 46.6 Å². The van der Waals surface area contributed by atoms with E-state index in [0.717, 1.165) is 30.8 Å². The molecular weight excluding hydrogens is 280 g/mol. The fraction of sp³-hybridized carbons (Fsp3) is 0.375. The second-order valence-corrected chi connectivity index (χ2v) is 6.66. The van der Waals surface area contributed by atoms with Crippen LogP contribution in [-0.4, -0.2) is 21.1 Å². The van der Waals surface area contributed by atoms with Gasteiger partial charge in [0.05, 0.1) is 5.69 Å². The van der Waals surface area contributed by atoms with Crippen LogP contribution in [0.5, 0.6) is 0 Å². The third kappa shape index (κ3) is 2.36. The molecule has 21 heavy (non-hydrogen) atoms. The van der Waals surface area contributed by atoms with Crippen LogP contribution in [0.2, 0.25) is 0 Å². The van der Waals surface area contributed by atoms with E-state index in [1.165, 1.54) is 21.7 Å². The first-order valence-electron chi connectivity index (χ1n) is 7.41. The molecule has 0 saturated carbocycles. The lowest BCUT2D eigenvalue weighted by Gasteiger charge is -2.23. The first-order valence-corrected chi connectivity index (χ1v) is 8.23. The van der Waals surface area contributed by atoms with Gasteiger partial charge in [0.1, 0.15) is 6.33 Å². The Balaban J connectivity index is 1.57. The number of rotatable bonds is 3. The maximum Gasteiger partial charge on any atom is 0.212 e. The molecule has 1 atom stereocenters. The van der Waals surface area contributed by atoms with Gasteiger partial charge in [-0.2, -0.15) is 5.10 Å². The molecule has 0 saturated heterocycles. The molecule has 1 aliphatic rings. The minimum absolute atomic E-state index is 0.433. The fourth-order valence-corrected chi connectivity index (χ4v) is 4.31. The van der Waals surface area contributed by atoms with Crippen LogP contribution in [0.4, 0.5) is 0 Å². The molecule has 3 heterocycles. The third-order valence-electron chi connectivity index (χ3n) is 4.13. The average Bonchev–Trinajstić information content (AvgIpc) is 3.06. The smallest absolute Gasteiger partial charge is 0.212 e. The summed E-state index contributed by atoms with van der Waals surface area (Å²) in [4.78, 5) is 6.77. The van der Waals surface area contributed by atoms with Crippen molar-refractivity contribution in [2.45, 2.75) is 32.2 Å². The first kappa shape index (κ1) is 13.0. The van der Waals surface area contributed by atoms with Crippen molar-refractivity contribution in [3.05, 3.63) is 52.3 Å². The van der Waals surface area contributed by atoms with Crippen molar-refractivity contribution in [2.24, 2.45) is 0 Å². The van der Waals surface area contributed by atoms with Gasteiger partial charge in [-0.25, -0.2) is 9.50 Å². The van der Waals surface area contributed by atoms with Gasteiger partial charge in [-0.3, -0.25) is 0 Å². The number of nitrogens with zero attached hydrogens (tertiary/aromatic N) is 3. The molecule has 1 aliphatic heterocycles. The molecule has 0 bridgehead atoms. The monoisotopic (exact) mass is 298 g/mol. The highest BCUT2D eigenvalue weighted by molar-refractivity contribution is 7.17. The summed E-state index contributed by atoms with van der Waals surface area (Å²) >= 11 is 1.78. The second-order valence-electron chi connectivity index (χ2n) is 5.65. The lowest BCUT2D eigenvalue weighted by atomic mass is 9.99.